The number of aliphatic hydroxyl groups excluding tert-OH is 1. The van der Waals surface area contributed by atoms with Gasteiger partial charge in [-0.05, 0) is 24.8 Å². The Balaban J connectivity index is 1.62. The van der Waals surface area contributed by atoms with Crippen LogP contribution in [0.5, 0.6) is 5.75 Å². The van der Waals surface area contributed by atoms with Crippen molar-refractivity contribution < 1.29 is 9.84 Å². The molecule has 2 atom stereocenters. The summed E-state index contributed by atoms with van der Waals surface area (Å²) in [6.07, 6.45) is 8.35. The molecule has 0 saturated heterocycles. The third kappa shape index (κ3) is 3.85. The van der Waals surface area contributed by atoms with Crippen molar-refractivity contribution in [2.75, 3.05) is 0 Å². The maximum absolute atomic E-state index is 10.1. The second-order valence-corrected chi connectivity index (χ2v) is 5.72. The molecule has 0 spiro atoms. The highest BCUT2D eigenvalue weighted by molar-refractivity contribution is 5.17. The molecule has 0 radical (unpaired) electrons. The molecule has 1 aromatic heterocycles. The number of hydrogen-bond donors (Lipinski definition) is 1. The van der Waals surface area contributed by atoms with Crippen LogP contribution in [-0.2, 0) is 6.54 Å². The van der Waals surface area contributed by atoms with Crippen LogP contribution in [-0.4, -0.2) is 27.1 Å². The molecule has 1 aromatic carbocycles. The molecule has 3 rings (SSSR count). The lowest BCUT2D eigenvalue weighted by Crippen LogP contribution is -2.30. The van der Waals surface area contributed by atoms with Crippen molar-refractivity contribution in [3.05, 3.63) is 48.3 Å². The van der Waals surface area contributed by atoms with E-state index in [0.717, 1.165) is 38.0 Å². The molecule has 2 unspecified atom stereocenters. The fraction of sp³-hybridized carbons (Fsp3) is 0.471. The minimum atomic E-state index is -0.357. The van der Waals surface area contributed by atoms with Crippen LogP contribution in [0.15, 0.2) is 42.7 Å². The predicted molar refractivity (Wildman–Crippen MR) is 81.3 cm³/mol. The minimum absolute atomic E-state index is 0.0955. The molecule has 0 aliphatic heterocycles. The normalized spacial score (nSPS) is 22.7. The summed E-state index contributed by atoms with van der Waals surface area (Å²) in [5.41, 5.74) is 1.21. The summed E-state index contributed by atoms with van der Waals surface area (Å²) in [5.74, 6) is 0.747. The Labute approximate surface area is 125 Å². The standard InChI is InChI=1S/C17H22N2O2/c20-16-9-5-2-6-10-17(16)21-15-11-18-19(13-15)12-14-7-3-1-4-8-14/h1,3-4,7-8,11,13,16-17,20H,2,5-6,9-10,12H2. The Morgan fingerprint density at radius 3 is 2.81 bits per heavy atom. The maximum Gasteiger partial charge on any atom is 0.157 e. The quantitative estimate of drug-likeness (QED) is 0.879. The van der Waals surface area contributed by atoms with Crippen LogP contribution in [0.25, 0.3) is 0 Å². The Morgan fingerprint density at radius 1 is 1.14 bits per heavy atom. The Bertz CT molecular complexity index is 553. The van der Waals surface area contributed by atoms with Crippen molar-refractivity contribution in [3.8, 4) is 5.75 Å². The number of aliphatic hydroxyl groups is 1. The van der Waals surface area contributed by atoms with Crippen LogP contribution in [0.1, 0.15) is 37.7 Å². The first kappa shape index (κ1) is 14.1. The van der Waals surface area contributed by atoms with E-state index >= 15 is 0 Å². The molecule has 112 valence electrons. The highest BCUT2D eigenvalue weighted by Crippen LogP contribution is 2.23. The van der Waals surface area contributed by atoms with E-state index < -0.39 is 0 Å². The van der Waals surface area contributed by atoms with Crippen LogP contribution < -0.4 is 4.74 Å². The molecule has 0 bridgehead atoms. The first-order valence-electron chi connectivity index (χ1n) is 7.72. The number of nitrogens with zero attached hydrogens (tertiary/aromatic N) is 2. The van der Waals surface area contributed by atoms with E-state index in [0.29, 0.717) is 0 Å². The third-order valence-electron chi connectivity index (χ3n) is 4.00. The van der Waals surface area contributed by atoms with Gasteiger partial charge in [0.25, 0.3) is 0 Å². The third-order valence-corrected chi connectivity index (χ3v) is 4.00. The highest BCUT2D eigenvalue weighted by atomic mass is 16.5. The molecule has 21 heavy (non-hydrogen) atoms. The summed E-state index contributed by atoms with van der Waals surface area (Å²) in [6, 6.07) is 10.2. The summed E-state index contributed by atoms with van der Waals surface area (Å²) < 4.78 is 7.80. The lowest BCUT2D eigenvalue weighted by atomic mass is 10.1. The van der Waals surface area contributed by atoms with Gasteiger partial charge >= 0.3 is 0 Å². The summed E-state index contributed by atoms with van der Waals surface area (Å²) >= 11 is 0. The Hall–Kier alpha value is -1.81. The van der Waals surface area contributed by atoms with E-state index in [9.17, 15) is 5.11 Å². The average Bonchev–Trinajstić information content (AvgIpc) is 2.83. The van der Waals surface area contributed by atoms with Crippen molar-refractivity contribution in [2.24, 2.45) is 0 Å². The van der Waals surface area contributed by atoms with E-state index in [4.69, 9.17) is 4.74 Å². The zero-order valence-electron chi connectivity index (χ0n) is 12.2. The molecule has 1 N–H and O–H groups in total. The second-order valence-electron chi connectivity index (χ2n) is 5.72. The summed E-state index contributed by atoms with van der Waals surface area (Å²) in [4.78, 5) is 0. The van der Waals surface area contributed by atoms with E-state index in [1.165, 1.54) is 12.0 Å². The largest absolute Gasteiger partial charge is 0.484 e. The van der Waals surface area contributed by atoms with Gasteiger partial charge in [-0.25, -0.2) is 0 Å². The SMILES string of the molecule is OC1CCCCCC1Oc1cnn(Cc2ccccc2)c1. The van der Waals surface area contributed by atoms with Gasteiger partial charge in [0, 0.05) is 0 Å². The fourth-order valence-electron chi connectivity index (χ4n) is 2.83. The van der Waals surface area contributed by atoms with Crippen LogP contribution in [0.3, 0.4) is 0 Å². The van der Waals surface area contributed by atoms with Gasteiger partial charge < -0.3 is 9.84 Å². The van der Waals surface area contributed by atoms with Gasteiger partial charge in [-0.1, -0.05) is 43.2 Å². The number of rotatable bonds is 4. The number of hydrogen-bond acceptors (Lipinski definition) is 3. The topological polar surface area (TPSA) is 47.3 Å². The lowest BCUT2D eigenvalue weighted by Gasteiger charge is -2.20. The van der Waals surface area contributed by atoms with Gasteiger partial charge in [0.05, 0.1) is 25.0 Å². The molecular weight excluding hydrogens is 264 g/mol. The first-order valence-corrected chi connectivity index (χ1v) is 7.72. The van der Waals surface area contributed by atoms with E-state index in [1.54, 1.807) is 6.20 Å². The van der Waals surface area contributed by atoms with Crippen molar-refractivity contribution in [2.45, 2.75) is 50.9 Å². The average molecular weight is 286 g/mol. The molecule has 1 aliphatic carbocycles. The smallest absolute Gasteiger partial charge is 0.157 e. The predicted octanol–water partition coefficient (Wildman–Crippen LogP) is 3.00. The van der Waals surface area contributed by atoms with Crippen LogP contribution >= 0.6 is 0 Å². The van der Waals surface area contributed by atoms with Crippen molar-refractivity contribution >= 4 is 0 Å². The fourth-order valence-corrected chi connectivity index (χ4v) is 2.83. The molecule has 4 nitrogen and oxygen atoms in total. The van der Waals surface area contributed by atoms with E-state index in [-0.39, 0.29) is 12.2 Å². The summed E-state index contributed by atoms with van der Waals surface area (Å²) in [7, 11) is 0. The van der Waals surface area contributed by atoms with Crippen molar-refractivity contribution in [1.82, 2.24) is 9.78 Å². The van der Waals surface area contributed by atoms with E-state index in [1.807, 2.05) is 29.1 Å². The van der Waals surface area contributed by atoms with Gasteiger partial charge in [-0.2, -0.15) is 5.10 Å². The van der Waals surface area contributed by atoms with Gasteiger partial charge in [0.2, 0.25) is 0 Å². The first-order chi connectivity index (χ1) is 10.3. The lowest BCUT2D eigenvalue weighted by molar-refractivity contribution is 0.0319. The highest BCUT2D eigenvalue weighted by Gasteiger charge is 2.23. The van der Waals surface area contributed by atoms with Crippen molar-refractivity contribution in [3.63, 3.8) is 0 Å². The number of aromatic nitrogens is 2. The molecule has 2 aromatic rings. The summed E-state index contributed by atoms with van der Waals surface area (Å²) in [6.45, 7) is 0.734. The van der Waals surface area contributed by atoms with Crippen LogP contribution in [0.2, 0.25) is 0 Å². The Kier molecular flexibility index (Phi) is 4.55. The Morgan fingerprint density at radius 2 is 1.95 bits per heavy atom. The van der Waals surface area contributed by atoms with Gasteiger partial charge in [-0.15, -0.1) is 0 Å². The van der Waals surface area contributed by atoms with Crippen LogP contribution in [0.4, 0.5) is 0 Å². The molecule has 1 fully saturated rings. The molecular formula is C17H22N2O2. The summed E-state index contributed by atoms with van der Waals surface area (Å²) in [5, 5.41) is 14.4. The molecule has 4 heteroatoms. The minimum Gasteiger partial charge on any atom is -0.484 e. The maximum atomic E-state index is 10.1. The molecule has 1 heterocycles. The zero-order valence-corrected chi connectivity index (χ0v) is 12.2. The molecule has 0 amide bonds. The van der Waals surface area contributed by atoms with Gasteiger partial charge in [-0.3, -0.25) is 4.68 Å². The number of benzene rings is 1. The number of ether oxygens (including phenoxy) is 1. The van der Waals surface area contributed by atoms with Crippen LogP contribution in [0, 0.1) is 0 Å². The van der Waals surface area contributed by atoms with Crippen molar-refractivity contribution in [1.29, 1.82) is 0 Å². The monoisotopic (exact) mass is 286 g/mol. The van der Waals surface area contributed by atoms with Gasteiger partial charge in [0.15, 0.2) is 5.75 Å². The molecule has 1 saturated carbocycles. The van der Waals surface area contributed by atoms with Gasteiger partial charge in [0.1, 0.15) is 6.10 Å². The molecule has 1 aliphatic rings. The second kappa shape index (κ2) is 6.76. The van der Waals surface area contributed by atoms with E-state index in [2.05, 4.69) is 17.2 Å². The zero-order chi connectivity index (χ0) is 14.5.